The zero-order valence-electron chi connectivity index (χ0n) is 28.6. The third-order valence-electron chi connectivity index (χ3n) is 8.59. The number of rotatable bonds is 10. The van der Waals surface area contributed by atoms with Gasteiger partial charge in [-0.2, -0.15) is 13.2 Å². The molecule has 5 rings (SSSR count). The fraction of sp³-hybridized carbons (Fsp3) is 0.325. The average molecular weight is 687 g/mol. The number of halogens is 3. The van der Waals surface area contributed by atoms with Crippen LogP contribution in [0.4, 0.5) is 13.2 Å². The number of esters is 1. The molecular weight excluding hydrogens is 645 g/mol. The first-order chi connectivity index (χ1) is 23.7. The molecule has 0 aliphatic carbocycles. The van der Waals surface area contributed by atoms with Gasteiger partial charge in [0.05, 0.1) is 12.7 Å². The fourth-order valence-electron chi connectivity index (χ4n) is 6.03. The van der Waals surface area contributed by atoms with E-state index in [0.717, 1.165) is 34.4 Å². The number of nitrogens with zero attached hydrogens (tertiary/aromatic N) is 1. The SMILES string of the molecule is COC(=O)[C@H](Cc1ccc(-c2ccccc2)cc1)NC(=O)C1c2cc(OCc3ccc(C(F)(F)F)cc3)ccc2CCN1C(=O)CC(C)(C)C. The molecule has 4 aromatic carbocycles. The van der Waals surface area contributed by atoms with Crippen LogP contribution in [0.3, 0.4) is 0 Å². The monoisotopic (exact) mass is 686 g/mol. The maximum Gasteiger partial charge on any atom is 0.416 e. The van der Waals surface area contributed by atoms with Crippen LogP contribution in [-0.2, 0) is 44.7 Å². The first-order valence-corrected chi connectivity index (χ1v) is 16.5. The van der Waals surface area contributed by atoms with Gasteiger partial charge in [-0.25, -0.2) is 4.79 Å². The number of carbonyl (C=O) groups is 3. The highest BCUT2D eigenvalue weighted by Crippen LogP contribution is 2.35. The minimum Gasteiger partial charge on any atom is -0.489 e. The molecule has 1 unspecified atom stereocenters. The van der Waals surface area contributed by atoms with Gasteiger partial charge in [0.1, 0.15) is 24.4 Å². The van der Waals surface area contributed by atoms with Crippen LogP contribution in [0.25, 0.3) is 11.1 Å². The Morgan fingerprint density at radius 1 is 0.860 bits per heavy atom. The number of methoxy groups -OCH3 is 1. The Morgan fingerprint density at radius 3 is 2.12 bits per heavy atom. The standard InChI is InChI=1S/C40H41F3N2O5/c1-39(2,3)24-35(46)45-21-20-30-16-19-32(50-25-27-12-17-31(18-13-27)40(41,42)43)23-33(30)36(45)37(47)44-34(38(48)49-4)22-26-10-14-29(15-11-26)28-8-6-5-7-9-28/h5-19,23,34,36H,20-22,24-25H2,1-4H3,(H,44,47)/t34-,36?/m0/s1. The van der Waals surface area contributed by atoms with Gasteiger partial charge in [0.25, 0.3) is 0 Å². The molecule has 0 saturated heterocycles. The summed E-state index contributed by atoms with van der Waals surface area (Å²) in [7, 11) is 1.26. The quantitative estimate of drug-likeness (QED) is 0.173. The van der Waals surface area contributed by atoms with Crippen molar-refractivity contribution in [3.05, 3.63) is 125 Å². The van der Waals surface area contributed by atoms with Crippen molar-refractivity contribution < 1.29 is 37.0 Å². The molecule has 0 aromatic heterocycles. The third-order valence-corrected chi connectivity index (χ3v) is 8.59. The second-order valence-corrected chi connectivity index (χ2v) is 13.7. The van der Waals surface area contributed by atoms with E-state index >= 15 is 0 Å². The van der Waals surface area contributed by atoms with E-state index < -0.39 is 35.7 Å². The minimum atomic E-state index is -4.44. The summed E-state index contributed by atoms with van der Waals surface area (Å²) in [6, 6.07) is 25.5. The predicted octanol–water partition coefficient (Wildman–Crippen LogP) is 7.71. The van der Waals surface area contributed by atoms with Crippen molar-refractivity contribution >= 4 is 17.8 Å². The molecule has 1 aliphatic heterocycles. The average Bonchev–Trinajstić information content (AvgIpc) is 3.09. The van der Waals surface area contributed by atoms with Gasteiger partial charge in [0.15, 0.2) is 0 Å². The zero-order chi connectivity index (χ0) is 36.1. The number of hydrogen-bond donors (Lipinski definition) is 1. The van der Waals surface area contributed by atoms with Crippen LogP contribution in [0.5, 0.6) is 5.75 Å². The molecule has 1 aliphatic rings. The number of amides is 2. The largest absolute Gasteiger partial charge is 0.489 e. The van der Waals surface area contributed by atoms with Crippen molar-refractivity contribution in [1.29, 1.82) is 0 Å². The Bertz CT molecular complexity index is 1800. The van der Waals surface area contributed by atoms with Crippen molar-refractivity contribution in [2.75, 3.05) is 13.7 Å². The number of fused-ring (bicyclic) bond motifs is 1. The topological polar surface area (TPSA) is 84.9 Å². The van der Waals surface area contributed by atoms with Gasteiger partial charge in [-0.3, -0.25) is 9.59 Å². The highest BCUT2D eigenvalue weighted by Gasteiger charge is 2.39. The van der Waals surface area contributed by atoms with Gasteiger partial charge in [0.2, 0.25) is 11.8 Å². The zero-order valence-corrected chi connectivity index (χ0v) is 28.6. The number of alkyl halides is 3. The Morgan fingerprint density at radius 2 is 1.50 bits per heavy atom. The molecule has 0 spiro atoms. The fourth-order valence-corrected chi connectivity index (χ4v) is 6.03. The van der Waals surface area contributed by atoms with Crippen LogP contribution >= 0.6 is 0 Å². The van der Waals surface area contributed by atoms with E-state index in [1.54, 1.807) is 17.0 Å². The normalized spacial score (nSPS) is 15.1. The summed E-state index contributed by atoms with van der Waals surface area (Å²) >= 11 is 0. The van der Waals surface area contributed by atoms with E-state index in [4.69, 9.17) is 9.47 Å². The molecule has 2 amide bonds. The van der Waals surface area contributed by atoms with Crippen LogP contribution in [0.15, 0.2) is 97.1 Å². The molecule has 0 radical (unpaired) electrons. The summed E-state index contributed by atoms with van der Waals surface area (Å²) in [5.41, 5.74) is 3.71. The molecule has 1 N–H and O–H groups in total. The van der Waals surface area contributed by atoms with Crippen molar-refractivity contribution in [1.82, 2.24) is 10.2 Å². The van der Waals surface area contributed by atoms with Gasteiger partial charge in [0, 0.05) is 19.4 Å². The molecule has 1 heterocycles. The van der Waals surface area contributed by atoms with Gasteiger partial charge in [-0.15, -0.1) is 0 Å². The highest BCUT2D eigenvalue weighted by atomic mass is 19.4. The number of hydrogen-bond acceptors (Lipinski definition) is 5. The molecule has 7 nitrogen and oxygen atoms in total. The molecule has 0 bridgehead atoms. The number of carbonyl (C=O) groups excluding carboxylic acids is 3. The molecule has 0 saturated carbocycles. The van der Waals surface area contributed by atoms with Gasteiger partial charge in [-0.05, 0) is 69.5 Å². The summed E-state index contributed by atoms with van der Waals surface area (Å²) in [4.78, 5) is 42.5. The smallest absolute Gasteiger partial charge is 0.416 e. The molecule has 2 atom stereocenters. The second-order valence-electron chi connectivity index (χ2n) is 13.7. The molecule has 4 aromatic rings. The Kier molecular flexibility index (Phi) is 11.0. The maximum atomic E-state index is 14.3. The summed E-state index contributed by atoms with van der Waals surface area (Å²) in [5.74, 6) is -0.979. The van der Waals surface area contributed by atoms with Crippen LogP contribution in [-0.4, -0.2) is 42.4 Å². The third kappa shape index (κ3) is 9.11. The Balaban J connectivity index is 1.40. The van der Waals surface area contributed by atoms with Gasteiger partial charge in [-0.1, -0.05) is 93.6 Å². The lowest BCUT2D eigenvalue weighted by molar-refractivity contribution is -0.147. The molecule has 0 fully saturated rings. The van der Waals surface area contributed by atoms with E-state index in [2.05, 4.69) is 5.32 Å². The molecule has 262 valence electrons. The first kappa shape index (κ1) is 36.2. The Labute approximate surface area is 290 Å². The van der Waals surface area contributed by atoms with Crippen LogP contribution < -0.4 is 10.1 Å². The van der Waals surface area contributed by atoms with E-state index in [-0.39, 0.29) is 30.8 Å². The van der Waals surface area contributed by atoms with E-state index in [1.165, 1.54) is 19.2 Å². The lowest BCUT2D eigenvalue weighted by Gasteiger charge is -2.38. The number of nitrogens with one attached hydrogen (secondary N) is 1. The van der Waals surface area contributed by atoms with Crippen LogP contribution in [0.1, 0.15) is 61.1 Å². The van der Waals surface area contributed by atoms with E-state index in [1.807, 2.05) is 81.4 Å². The highest BCUT2D eigenvalue weighted by molar-refractivity contribution is 5.92. The lowest BCUT2D eigenvalue weighted by atomic mass is 9.88. The molecule has 50 heavy (non-hydrogen) atoms. The van der Waals surface area contributed by atoms with E-state index in [9.17, 15) is 27.6 Å². The number of ether oxygens (including phenoxy) is 2. The maximum absolute atomic E-state index is 14.3. The van der Waals surface area contributed by atoms with Crippen molar-refractivity contribution in [3.8, 4) is 16.9 Å². The van der Waals surface area contributed by atoms with Gasteiger partial charge < -0.3 is 19.7 Å². The molecule has 10 heteroatoms. The van der Waals surface area contributed by atoms with Gasteiger partial charge >= 0.3 is 12.1 Å². The van der Waals surface area contributed by atoms with Crippen molar-refractivity contribution in [3.63, 3.8) is 0 Å². The van der Waals surface area contributed by atoms with Crippen molar-refractivity contribution in [2.45, 2.75) is 64.9 Å². The van der Waals surface area contributed by atoms with E-state index in [0.29, 0.717) is 29.8 Å². The van der Waals surface area contributed by atoms with Crippen LogP contribution in [0.2, 0.25) is 0 Å². The van der Waals surface area contributed by atoms with Crippen molar-refractivity contribution in [2.24, 2.45) is 5.41 Å². The first-order valence-electron chi connectivity index (χ1n) is 16.5. The summed E-state index contributed by atoms with van der Waals surface area (Å²) in [6.45, 7) is 6.13. The minimum absolute atomic E-state index is 0.00602. The molecular formula is C40H41F3N2O5. The van der Waals surface area contributed by atoms with Crippen LogP contribution in [0, 0.1) is 5.41 Å². The lowest BCUT2D eigenvalue weighted by Crippen LogP contribution is -2.52. The second kappa shape index (κ2) is 15.2. The summed E-state index contributed by atoms with van der Waals surface area (Å²) < 4.78 is 50.1. The Hall–Kier alpha value is -5.12. The number of benzene rings is 4. The summed E-state index contributed by atoms with van der Waals surface area (Å²) in [6.07, 6.45) is -3.57. The summed E-state index contributed by atoms with van der Waals surface area (Å²) in [5, 5.41) is 2.88. The predicted molar refractivity (Wildman–Crippen MR) is 184 cm³/mol.